The van der Waals surface area contributed by atoms with Crippen molar-refractivity contribution < 1.29 is 19.1 Å². The molecule has 2 rings (SSSR count). The maximum Gasteiger partial charge on any atom is 0.339 e. The molecule has 0 aromatic heterocycles. The molecular weight excluding hydrogens is 328 g/mol. The Balaban J connectivity index is 2.29. The molecule has 0 amide bonds. The molecule has 4 nitrogen and oxygen atoms in total. The van der Waals surface area contributed by atoms with Crippen molar-refractivity contribution in [3.8, 4) is 11.5 Å². The topological polar surface area (TPSA) is 52.6 Å². The summed E-state index contributed by atoms with van der Waals surface area (Å²) in [6.07, 6.45) is 2.38. The molecule has 0 N–H and O–H groups in total. The summed E-state index contributed by atoms with van der Waals surface area (Å²) in [7, 11) is 0. The van der Waals surface area contributed by atoms with Gasteiger partial charge in [-0.2, -0.15) is 0 Å². The van der Waals surface area contributed by atoms with Crippen LogP contribution in [-0.4, -0.2) is 11.9 Å². The minimum atomic E-state index is -0.494. The van der Waals surface area contributed by atoms with Gasteiger partial charge >= 0.3 is 11.9 Å². The van der Waals surface area contributed by atoms with Crippen molar-refractivity contribution in [3.05, 3.63) is 71.8 Å². The number of ether oxygens (including phenoxy) is 2. The summed E-state index contributed by atoms with van der Waals surface area (Å²) < 4.78 is 10.9. The van der Waals surface area contributed by atoms with Crippen molar-refractivity contribution >= 4 is 11.9 Å². The zero-order valence-electron chi connectivity index (χ0n) is 15.2. The number of hydrogen-bond acceptors (Lipinski definition) is 4. The molecule has 0 radical (unpaired) electrons. The van der Waals surface area contributed by atoms with E-state index in [9.17, 15) is 9.59 Å². The Morgan fingerprint density at radius 3 is 1.31 bits per heavy atom. The second kappa shape index (κ2) is 10.2. The average molecular weight is 352 g/mol. The van der Waals surface area contributed by atoms with Gasteiger partial charge in [-0.3, -0.25) is 0 Å². The van der Waals surface area contributed by atoms with Crippen LogP contribution in [0.4, 0.5) is 0 Å². The van der Waals surface area contributed by atoms with E-state index in [4.69, 9.17) is 9.47 Å². The lowest BCUT2D eigenvalue weighted by atomic mass is 9.99. The first-order valence-electron chi connectivity index (χ1n) is 8.92. The first kappa shape index (κ1) is 19.4. The quantitative estimate of drug-likeness (QED) is 0.377. The standard InChI is InChI=1S/C22H24O4/c1-3-11-19(21(23)25-17-13-7-5-8-14-17)20(12-4-2)22(24)26-18-15-9-6-10-16-18/h5-10,13-16H,3-4,11-12H2,1-2H3/b20-19+. The molecule has 0 fully saturated rings. The number of para-hydroxylation sites is 2. The van der Waals surface area contributed by atoms with Crippen molar-refractivity contribution in [1.29, 1.82) is 0 Å². The van der Waals surface area contributed by atoms with Crippen molar-refractivity contribution in [3.63, 3.8) is 0 Å². The average Bonchev–Trinajstić information content (AvgIpc) is 2.66. The maximum atomic E-state index is 12.7. The van der Waals surface area contributed by atoms with E-state index < -0.39 is 11.9 Å². The van der Waals surface area contributed by atoms with Gasteiger partial charge in [0.2, 0.25) is 0 Å². The zero-order chi connectivity index (χ0) is 18.8. The van der Waals surface area contributed by atoms with E-state index in [1.165, 1.54) is 0 Å². The summed E-state index contributed by atoms with van der Waals surface area (Å²) in [4.78, 5) is 25.4. The lowest BCUT2D eigenvalue weighted by Crippen LogP contribution is -2.20. The molecule has 136 valence electrons. The first-order chi connectivity index (χ1) is 12.7. The highest BCUT2D eigenvalue weighted by molar-refractivity contribution is 6.01. The Labute approximate surface area is 154 Å². The van der Waals surface area contributed by atoms with Crippen molar-refractivity contribution in [2.75, 3.05) is 0 Å². The highest BCUT2D eigenvalue weighted by Crippen LogP contribution is 2.22. The number of rotatable bonds is 8. The van der Waals surface area contributed by atoms with Crippen LogP contribution >= 0.6 is 0 Å². The zero-order valence-corrected chi connectivity index (χ0v) is 15.2. The molecular formula is C22H24O4. The van der Waals surface area contributed by atoms with Crippen LogP contribution in [0.5, 0.6) is 11.5 Å². The number of benzene rings is 2. The molecule has 0 saturated heterocycles. The Hall–Kier alpha value is -2.88. The highest BCUT2D eigenvalue weighted by Gasteiger charge is 2.23. The lowest BCUT2D eigenvalue weighted by molar-refractivity contribution is -0.133. The second-order valence-corrected chi connectivity index (χ2v) is 5.86. The molecule has 26 heavy (non-hydrogen) atoms. The molecule has 2 aromatic carbocycles. The molecule has 0 bridgehead atoms. The molecule has 4 heteroatoms. The second-order valence-electron chi connectivity index (χ2n) is 5.86. The summed E-state index contributed by atoms with van der Waals surface area (Å²) >= 11 is 0. The Morgan fingerprint density at radius 2 is 1.00 bits per heavy atom. The molecule has 0 aliphatic carbocycles. The summed E-state index contributed by atoms with van der Waals surface area (Å²) in [6, 6.07) is 17.7. The van der Waals surface area contributed by atoms with Crippen LogP contribution in [0.2, 0.25) is 0 Å². The third-order valence-electron chi connectivity index (χ3n) is 3.76. The molecule has 2 aromatic rings. The lowest BCUT2D eigenvalue weighted by Gasteiger charge is -2.14. The van der Waals surface area contributed by atoms with E-state index in [1.54, 1.807) is 48.5 Å². The van der Waals surface area contributed by atoms with E-state index in [1.807, 2.05) is 26.0 Å². The van der Waals surface area contributed by atoms with Crippen LogP contribution in [-0.2, 0) is 9.59 Å². The first-order valence-corrected chi connectivity index (χ1v) is 8.92. The fraction of sp³-hybridized carbons (Fsp3) is 0.273. The molecule has 0 aliphatic heterocycles. The van der Waals surface area contributed by atoms with Crippen LogP contribution in [0.1, 0.15) is 39.5 Å². The monoisotopic (exact) mass is 352 g/mol. The van der Waals surface area contributed by atoms with Gasteiger partial charge in [0.1, 0.15) is 11.5 Å². The number of esters is 2. The SMILES string of the molecule is CCC/C(C(=O)Oc1ccccc1)=C(/CCC)C(=O)Oc1ccccc1. The van der Waals surface area contributed by atoms with E-state index in [0.717, 1.165) is 12.8 Å². The van der Waals surface area contributed by atoms with Gasteiger partial charge in [0.25, 0.3) is 0 Å². The van der Waals surface area contributed by atoms with E-state index in [2.05, 4.69) is 0 Å². The summed E-state index contributed by atoms with van der Waals surface area (Å²) in [5.41, 5.74) is 0.776. The van der Waals surface area contributed by atoms with Gasteiger partial charge in [0, 0.05) is 11.1 Å². The Morgan fingerprint density at radius 1 is 0.654 bits per heavy atom. The fourth-order valence-corrected chi connectivity index (χ4v) is 2.57. The van der Waals surface area contributed by atoms with Gasteiger partial charge in [-0.25, -0.2) is 9.59 Å². The normalized spacial score (nSPS) is 11.5. The van der Waals surface area contributed by atoms with Crippen LogP contribution in [0.25, 0.3) is 0 Å². The minimum absolute atomic E-state index is 0.388. The highest BCUT2D eigenvalue weighted by atomic mass is 16.5. The molecule has 0 atom stereocenters. The van der Waals surface area contributed by atoms with Gasteiger partial charge < -0.3 is 9.47 Å². The molecule has 0 heterocycles. The predicted octanol–water partition coefficient (Wildman–Crippen LogP) is 5.09. The number of hydrogen-bond donors (Lipinski definition) is 0. The van der Waals surface area contributed by atoms with Gasteiger partial charge in [-0.15, -0.1) is 0 Å². The largest absolute Gasteiger partial charge is 0.423 e. The van der Waals surface area contributed by atoms with Crippen LogP contribution in [0, 0.1) is 0 Å². The van der Waals surface area contributed by atoms with E-state index >= 15 is 0 Å². The Kier molecular flexibility index (Phi) is 7.62. The predicted molar refractivity (Wildman–Crippen MR) is 101 cm³/mol. The van der Waals surface area contributed by atoms with Crippen LogP contribution in [0.15, 0.2) is 71.8 Å². The number of carbonyl (C=O) groups is 2. The van der Waals surface area contributed by atoms with Gasteiger partial charge in [-0.1, -0.05) is 63.1 Å². The third-order valence-corrected chi connectivity index (χ3v) is 3.76. The van der Waals surface area contributed by atoms with E-state index in [0.29, 0.717) is 35.5 Å². The molecule has 0 saturated carbocycles. The Bertz CT molecular complexity index is 683. The van der Waals surface area contributed by atoms with Crippen LogP contribution in [0.3, 0.4) is 0 Å². The summed E-state index contributed by atoms with van der Waals surface area (Å²) in [6.45, 7) is 3.92. The minimum Gasteiger partial charge on any atom is -0.423 e. The summed E-state index contributed by atoms with van der Waals surface area (Å²) in [5, 5.41) is 0. The maximum absolute atomic E-state index is 12.7. The van der Waals surface area contributed by atoms with Crippen LogP contribution < -0.4 is 9.47 Å². The molecule has 0 unspecified atom stereocenters. The fourth-order valence-electron chi connectivity index (χ4n) is 2.57. The molecule has 0 spiro atoms. The van der Waals surface area contributed by atoms with Crippen molar-refractivity contribution in [2.45, 2.75) is 39.5 Å². The van der Waals surface area contributed by atoms with Gasteiger partial charge in [0.05, 0.1) is 0 Å². The summed E-state index contributed by atoms with van der Waals surface area (Å²) in [5.74, 6) is -0.0743. The molecule has 0 aliphatic rings. The number of carbonyl (C=O) groups excluding carboxylic acids is 2. The van der Waals surface area contributed by atoms with Crippen molar-refractivity contribution in [2.24, 2.45) is 0 Å². The van der Waals surface area contributed by atoms with E-state index in [-0.39, 0.29) is 0 Å². The van der Waals surface area contributed by atoms with Crippen molar-refractivity contribution in [1.82, 2.24) is 0 Å². The smallest absolute Gasteiger partial charge is 0.339 e. The van der Waals surface area contributed by atoms with Gasteiger partial charge in [-0.05, 0) is 37.1 Å². The van der Waals surface area contributed by atoms with Gasteiger partial charge in [0.15, 0.2) is 0 Å². The third kappa shape index (κ3) is 5.59.